The van der Waals surface area contributed by atoms with Crippen LogP contribution in [0.2, 0.25) is 0 Å². The summed E-state index contributed by atoms with van der Waals surface area (Å²) in [5, 5.41) is 5.90. The van der Waals surface area contributed by atoms with Gasteiger partial charge in [0.2, 0.25) is 5.91 Å². The van der Waals surface area contributed by atoms with Crippen LogP contribution in [0.4, 0.5) is 21.9 Å². The zero-order chi connectivity index (χ0) is 19.5. The number of likely N-dealkylation sites (tertiary alicyclic amines) is 1. The molecular weight excluding hydrogens is 352 g/mol. The van der Waals surface area contributed by atoms with Crippen LogP contribution in [0.5, 0.6) is 0 Å². The molecule has 0 spiro atoms. The van der Waals surface area contributed by atoms with Crippen molar-refractivity contribution in [2.24, 2.45) is 0 Å². The molecule has 2 aromatic carbocycles. The Labute approximate surface area is 165 Å². The fourth-order valence-electron chi connectivity index (χ4n) is 4.09. The lowest BCUT2D eigenvalue weighted by Crippen LogP contribution is -2.45. The van der Waals surface area contributed by atoms with Gasteiger partial charge in [0.15, 0.2) is 0 Å². The van der Waals surface area contributed by atoms with Crippen LogP contribution in [0, 0.1) is 0 Å². The number of carbonyl (C=O) groups is 2. The first kappa shape index (κ1) is 18.3. The molecule has 0 saturated carbocycles. The number of nitrogens with one attached hydrogen (secondary N) is 2. The summed E-state index contributed by atoms with van der Waals surface area (Å²) in [6, 6.07) is 14.8. The molecule has 0 bridgehead atoms. The number of rotatable bonds is 3. The Kier molecular flexibility index (Phi) is 5.19. The second kappa shape index (κ2) is 7.92. The van der Waals surface area contributed by atoms with Gasteiger partial charge in [0.1, 0.15) is 6.04 Å². The quantitative estimate of drug-likeness (QED) is 0.856. The summed E-state index contributed by atoms with van der Waals surface area (Å²) in [6.07, 6.45) is 3.65. The Bertz CT molecular complexity index is 868. The molecule has 2 aliphatic heterocycles. The molecule has 28 heavy (non-hydrogen) atoms. The molecule has 0 aromatic heterocycles. The van der Waals surface area contributed by atoms with E-state index in [0.717, 1.165) is 37.2 Å². The first-order valence-electron chi connectivity index (χ1n) is 9.89. The van der Waals surface area contributed by atoms with Gasteiger partial charge in [-0.1, -0.05) is 18.2 Å². The molecule has 1 unspecified atom stereocenters. The molecule has 0 radical (unpaired) electrons. The average molecular weight is 378 g/mol. The molecule has 3 amide bonds. The molecule has 0 aliphatic carbocycles. The third-order valence-corrected chi connectivity index (χ3v) is 5.54. The Morgan fingerprint density at radius 2 is 1.79 bits per heavy atom. The predicted octanol–water partition coefficient (Wildman–Crippen LogP) is 3.70. The minimum absolute atomic E-state index is 0.133. The fourth-order valence-corrected chi connectivity index (χ4v) is 4.09. The molecule has 2 N–H and O–H groups in total. The van der Waals surface area contributed by atoms with Crippen molar-refractivity contribution in [2.75, 3.05) is 35.7 Å². The lowest BCUT2D eigenvalue weighted by molar-refractivity contribution is -0.119. The molecule has 146 valence electrons. The lowest BCUT2D eigenvalue weighted by atomic mass is 10.0. The number of para-hydroxylation sites is 1. The first-order valence-corrected chi connectivity index (χ1v) is 9.89. The first-order chi connectivity index (χ1) is 13.6. The van der Waals surface area contributed by atoms with Crippen molar-refractivity contribution < 1.29 is 9.59 Å². The number of benzene rings is 2. The van der Waals surface area contributed by atoms with Gasteiger partial charge in [0.05, 0.1) is 0 Å². The van der Waals surface area contributed by atoms with Crippen molar-refractivity contribution in [3.8, 4) is 0 Å². The summed E-state index contributed by atoms with van der Waals surface area (Å²) in [5.41, 5.74) is 4.02. The van der Waals surface area contributed by atoms with Crippen LogP contribution >= 0.6 is 0 Å². The van der Waals surface area contributed by atoms with E-state index in [2.05, 4.69) is 34.7 Å². The maximum atomic E-state index is 12.8. The third-order valence-electron chi connectivity index (χ3n) is 5.54. The zero-order valence-corrected chi connectivity index (χ0v) is 16.1. The predicted molar refractivity (Wildman–Crippen MR) is 112 cm³/mol. The second-order valence-corrected chi connectivity index (χ2v) is 7.51. The molecule has 2 heterocycles. The standard InChI is InChI=1S/C22H26N4O2/c1-25-13-5-7-16-15-18(11-12-19(16)25)24-22(28)26-14-6-10-20(26)21(27)23-17-8-3-2-4-9-17/h2-4,8-9,11-12,15,20H,5-7,10,13-14H2,1H3,(H,23,27)(H,24,28). The van der Waals surface area contributed by atoms with E-state index in [1.807, 2.05) is 36.4 Å². The van der Waals surface area contributed by atoms with E-state index in [0.29, 0.717) is 13.0 Å². The molecule has 1 saturated heterocycles. The second-order valence-electron chi connectivity index (χ2n) is 7.51. The van der Waals surface area contributed by atoms with Crippen LogP contribution in [0.3, 0.4) is 0 Å². The van der Waals surface area contributed by atoms with Gasteiger partial charge in [-0.05, 0) is 61.6 Å². The number of nitrogens with zero attached hydrogens (tertiary/aromatic N) is 2. The summed E-state index contributed by atoms with van der Waals surface area (Å²) in [4.78, 5) is 29.4. The highest BCUT2D eigenvalue weighted by Crippen LogP contribution is 2.29. The normalized spacial score (nSPS) is 18.5. The topological polar surface area (TPSA) is 64.7 Å². The third kappa shape index (κ3) is 3.81. The van der Waals surface area contributed by atoms with Gasteiger partial charge < -0.3 is 20.4 Å². The van der Waals surface area contributed by atoms with Crippen molar-refractivity contribution >= 4 is 29.0 Å². The van der Waals surface area contributed by atoms with Gasteiger partial charge in [-0.15, -0.1) is 0 Å². The summed E-state index contributed by atoms with van der Waals surface area (Å²) in [5.74, 6) is -0.133. The van der Waals surface area contributed by atoms with Gasteiger partial charge in [0.25, 0.3) is 0 Å². The number of hydrogen-bond donors (Lipinski definition) is 2. The number of fused-ring (bicyclic) bond motifs is 1. The SMILES string of the molecule is CN1CCCc2cc(NC(=O)N3CCCC3C(=O)Nc3ccccc3)ccc21. The van der Waals surface area contributed by atoms with Gasteiger partial charge in [-0.25, -0.2) is 4.79 Å². The van der Waals surface area contributed by atoms with E-state index in [-0.39, 0.29) is 11.9 Å². The Morgan fingerprint density at radius 3 is 2.61 bits per heavy atom. The van der Waals surface area contributed by atoms with E-state index in [4.69, 9.17) is 0 Å². The number of urea groups is 1. The fraction of sp³-hybridized carbons (Fsp3) is 0.364. The lowest BCUT2D eigenvalue weighted by Gasteiger charge is -2.28. The van der Waals surface area contributed by atoms with E-state index >= 15 is 0 Å². The van der Waals surface area contributed by atoms with Crippen LogP contribution in [0.1, 0.15) is 24.8 Å². The number of aryl methyl sites for hydroxylation is 1. The van der Waals surface area contributed by atoms with Crippen molar-refractivity contribution in [3.05, 3.63) is 54.1 Å². The number of hydrogen-bond acceptors (Lipinski definition) is 3. The maximum absolute atomic E-state index is 12.8. The summed E-state index contributed by atoms with van der Waals surface area (Å²) < 4.78 is 0. The maximum Gasteiger partial charge on any atom is 0.322 e. The zero-order valence-electron chi connectivity index (χ0n) is 16.1. The molecule has 1 fully saturated rings. The van der Waals surface area contributed by atoms with E-state index in [1.54, 1.807) is 4.90 Å². The average Bonchev–Trinajstić information content (AvgIpc) is 3.19. The van der Waals surface area contributed by atoms with Crippen LogP contribution < -0.4 is 15.5 Å². The minimum atomic E-state index is -0.441. The van der Waals surface area contributed by atoms with Crippen molar-refractivity contribution in [3.63, 3.8) is 0 Å². The van der Waals surface area contributed by atoms with E-state index in [1.165, 1.54) is 11.3 Å². The van der Waals surface area contributed by atoms with Gasteiger partial charge in [-0.3, -0.25) is 4.79 Å². The number of carbonyl (C=O) groups excluding carboxylic acids is 2. The minimum Gasteiger partial charge on any atom is -0.374 e. The van der Waals surface area contributed by atoms with Crippen molar-refractivity contribution in [2.45, 2.75) is 31.7 Å². The van der Waals surface area contributed by atoms with Crippen LogP contribution in [0.15, 0.2) is 48.5 Å². The Morgan fingerprint density at radius 1 is 0.964 bits per heavy atom. The van der Waals surface area contributed by atoms with Gasteiger partial charge in [-0.2, -0.15) is 0 Å². The number of anilines is 3. The molecular formula is C22H26N4O2. The van der Waals surface area contributed by atoms with Crippen LogP contribution in [0.25, 0.3) is 0 Å². The molecule has 6 heteroatoms. The van der Waals surface area contributed by atoms with Crippen LogP contribution in [-0.2, 0) is 11.2 Å². The van der Waals surface area contributed by atoms with Crippen LogP contribution in [-0.4, -0.2) is 43.0 Å². The Hall–Kier alpha value is -3.02. The number of amides is 3. The smallest absolute Gasteiger partial charge is 0.322 e. The van der Waals surface area contributed by atoms with E-state index < -0.39 is 6.04 Å². The highest BCUT2D eigenvalue weighted by molar-refractivity contribution is 5.99. The van der Waals surface area contributed by atoms with Gasteiger partial charge >= 0.3 is 6.03 Å². The Balaban J connectivity index is 1.43. The highest BCUT2D eigenvalue weighted by atomic mass is 16.2. The van der Waals surface area contributed by atoms with Gasteiger partial charge in [0, 0.05) is 37.2 Å². The molecule has 4 rings (SSSR count). The van der Waals surface area contributed by atoms with E-state index in [9.17, 15) is 9.59 Å². The highest BCUT2D eigenvalue weighted by Gasteiger charge is 2.34. The summed E-state index contributed by atoms with van der Waals surface area (Å²) in [7, 11) is 2.09. The monoisotopic (exact) mass is 378 g/mol. The summed E-state index contributed by atoms with van der Waals surface area (Å²) >= 11 is 0. The molecule has 1 atom stereocenters. The summed E-state index contributed by atoms with van der Waals surface area (Å²) in [6.45, 7) is 1.65. The molecule has 2 aromatic rings. The van der Waals surface area contributed by atoms with Crippen molar-refractivity contribution in [1.29, 1.82) is 0 Å². The molecule has 2 aliphatic rings. The molecule has 6 nitrogen and oxygen atoms in total. The largest absolute Gasteiger partial charge is 0.374 e. The van der Waals surface area contributed by atoms with Crippen molar-refractivity contribution in [1.82, 2.24) is 4.90 Å².